The van der Waals surface area contributed by atoms with Crippen molar-refractivity contribution in [1.82, 2.24) is 9.88 Å². The summed E-state index contributed by atoms with van der Waals surface area (Å²) in [6, 6.07) is 14.7. The van der Waals surface area contributed by atoms with Crippen LogP contribution in [0.3, 0.4) is 0 Å². The molecule has 1 amide bonds. The first-order valence-electron chi connectivity index (χ1n) is 9.82. The molecule has 1 aliphatic rings. The fourth-order valence-corrected chi connectivity index (χ4v) is 3.57. The minimum Gasteiger partial charge on any atom is -0.441 e. The van der Waals surface area contributed by atoms with Crippen LogP contribution in [0.4, 0.5) is 10.1 Å². The maximum atomic E-state index is 14.0. The molecule has 0 unspecified atom stereocenters. The highest BCUT2D eigenvalue weighted by Crippen LogP contribution is 2.24. The molecule has 2 aromatic carbocycles. The molecule has 1 aromatic heterocycles. The second-order valence-corrected chi connectivity index (χ2v) is 7.38. The maximum absolute atomic E-state index is 14.0. The number of amides is 1. The first kappa shape index (κ1) is 19.2. The topological polar surface area (TPSA) is 49.6 Å². The van der Waals surface area contributed by atoms with Crippen molar-refractivity contribution in [2.75, 3.05) is 31.1 Å². The summed E-state index contributed by atoms with van der Waals surface area (Å²) in [5.74, 6) is 0.993. The Hall–Kier alpha value is -3.15. The smallest absolute Gasteiger partial charge is 0.228 e. The Kier molecular flexibility index (Phi) is 5.34. The third kappa shape index (κ3) is 4.16. The van der Waals surface area contributed by atoms with E-state index in [2.05, 4.69) is 4.98 Å². The van der Waals surface area contributed by atoms with Crippen LogP contribution < -0.4 is 4.90 Å². The Balaban J connectivity index is 1.39. The van der Waals surface area contributed by atoms with E-state index in [4.69, 9.17) is 4.42 Å². The van der Waals surface area contributed by atoms with Crippen molar-refractivity contribution in [1.29, 1.82) is 0 Å². The number of hydrogen-bond acceptors (Lipinski definition) is 4. The van der Waals surface area contributed by atoms with E-state index in [9.17, 15) is 9.18 Å². The van der Waals surface area contributed by atoms with Crippen molar-refractivity contribution in [3.05, 3.63) is 71.4 Å². The summed E-state index contributed by atoms with van der Waals surface area (Å²) in [5, 5.41) is 0. The minimum atomic E-state index is -0.228. The summed E-state index contributed by atoms with van der Waals surface area (Å²) in [5.41, 5.74) is 3.33. The predicted molar refractivity (Wildman–Crippen MR) is 110 cm³/mol. The summed E-state index contributed by atoms with van der Waals surface area (Å²) in [6.07, 6.45) is 0.209. The molecular formula is C23H24FN3O2. The lowest BCUT2D eigenvalue weighted by atomic mass is 10.1. The molecule has 4 rings (SSSR count). The van der Waals surface area contributed by atoms with Gasteiger partial charge in [-0.3, -0.25) is 4.79 Å². The van der Waals surface area contributed by atoms with E-state index < -0.39 is 0 Å². The van der Waals surface area contributed by atoms with Crippen molar-refractivity contribution in [2.45, 2.75) is 20.3 Å². The molecule has 29 heavy (non-hydrogen) atoms. The van der Waals surface area contributed by atoms with Gasteiger partial charge in [-0.25, -0.2) is 9.37 Å². The third-order valence-electron chi connectivity index (χ3n) is 5.34. The van der Waals surface area contributed by atoms with Crippen molar-refractivity contribution >= 4 is 11.6 Å². The van der Waals surface area contributed by atoms with E-state index in [-0.39, 0.29) is 18.1 Å². The zero-order valence-corrected chi connectivity index (χ0v) is 16.7. The fraction of sp³-hybridized carbons (Fsp3) is 0.304. The van der Waals surface area contributed by atoms with E-state index in [1.54, 1.807) is 12.1 Å². The highest BCUT2D eigenvalue weighted by atomic mass is 19.1. The van der Waals surface area contributed by atoms with Crippen molar-refractivity contribution in [3.63, 3.8) is 0 Å². The van der Waals surface area contributed by atoms with Gasteiger partial charge in [-0.15, -0.1) is 0 Å². The lowest BCUT2D eigenvalue weighted by Crippen LogP contribution is -2.49. The van der Waals surface area contributed by atoms with Crippen LogP contribution in [-0.4, -0.2) is 42.0 Å². The summed E-state index contributed by atoms with van der Waals surface area (Å²) in [6.45, 7) is 6.21. The number of carbonyl (C=O) groups is 1. The fourth-order valence-electron chi connectivity index (χ4n) is 3.57. The normalized spacial score (nSPS) is 14.3. The van der Waals surface area contributed by atoms with Crippen LogP contribution in [0.15, 0.2) is 52.9 Å². The average Bonchev–Trinajstić information content (AvgIpc) is 3.09. The standard InChI is InChI=1S/C23H24FN3O2/c1-16-7-9-18(10-8-16)23-25-20(17(2)29-23)15-22(28)27-13-11-26(12-14-27)21-6-4-3-5-19(21)24/h3-10H,11-15H2,1-2H3. The molecule has 3 aromatic rings. The van der Waals surface area contributed by atoms with E-state index in [0.717, 1.165) is 5.56 Å². The zero-order valence-electron chi connectivity index (χ0n) is 16.7. The molecular weight excluding hydrogens is 369 g/mol. The number of carbonyl (C=O) groups excluding carboxylic acids is 1. The number of piperazine rings is 1. The predicted octanol–water partition coefficient (Wildman–Crippen LogP) is 3.99. The number of rotatable bonds is 4. The summed E-state index contributed by atoms with van der Waals surface area (Å²) < 4.78 is 19.8. The van der Waals surface area contributed by atoms with Crippen molar-refractivity contribution in [3.8, 4) is 11.5 Å². The van der Waals surface area contributed by atoms with Gasteiger partial charge in [0, 0.05) is 31.7 Å². The van der Waals surface area contributed by atoms with Crippen LogP contribution in [0.1, 0.15) is 17.0 Å². The molecule has 5 nitrogen and oxygen atoms in total. The number of nitrogens with zero attached hydrogens (tertiary/aromatic N) is 3. The van der Waals surface area contributed by atoms with Crippen LogP contribution >= 0.6 is 0 Å². The van der Waals surface area contributed by atoms with Gasteiger partial charge in [0.05, 0.1) is 17.8 Å². The van der Waals surface area contributed by atoms with E-state index in [0.29, 0.717) is 49.2 Å². The Morgan fingerprint density at radius 1 is 1.03 bits per heavy atom. The molecule has 1 saturated heterocycles. The van der Waals surface area contributed by atoms with Crippen LogP contribution in [0.5, 0.6) is 0 Å². The minimum absolute atomic E-state index is 0.0186. The van der Waals surface area contributed by atoms with Gasteiger partial charge in [0.25, 0.3) is 0 Å². The van der Waals surface area contributed by atoms with Gasteiger partial charge < -0.3 is 14.2 Å². The second kappa shape index (κ2) is 8.07. The molecule has 0 saturated carbocycles. The number of aromatic nitrogens is 1. The lowest BCUT2D eigenvalue weighted by Gasteiger charge is -2.36. The maximum Gasteiger partial charge on any atom is 0.228 e. The lowest BCUT2D eigenvalue weighted by molar-refractivity contribution is -0.130. The highest BCUT2D eigenvalue weighted by Gasteiger charge is 2.24. The average molecular weight is 393 g/mol. The number of anilines is 1. The van der Waals surface area contributed by atoms with Crippen LogP contribution in [0, 0.1) is 19.7 Å². The number of benzene rings is 2. The van der Waals surface area contributed by atoms with Gasteiger partial charge in [0.15, 0.2) is 0 Å². The van der Waals surface area contributed by atoms with E-state index >= 15 is 0 Å². The Morgan fingerprint density at radius 2 is 1.72 bits per heavy atom. The molecule has 1 aliphatic heterocycles. The van der Waals surface area contributed by atoms with Crippen LogP contribution in [0.25, 0.3) is 11.5 Å². The highest BCUT2D eigenvalue weighted by molar-refractivity contribution is 5.79. The number of oxazole rings is 1. The van der Waals surface area contributed by atoms with Gasteiger partial charge in [-0.05, 0) is 38.1 Å². The quantitative estimate of drug-likeness (QED) is 0.673. The molecule has 6 heteroatoms. The Bertz CT molecular complexity index is 1010. The largest absolute Gasteiger partial charge is 0.441 e. The SMILES string of the molecule is Cc1ccc(-c2nc(CC(=O)N3CCN(c4ccccc4F)CC3)c(C)o2)cc1. The molecule has 0 radical (unpaired) electrons. The van der Waals surface area contributed by atoms with Gasteiger partial charge in [-0.1, -0.05) is 29.8 Å². The first-order chi connectivity index (χ1) is 14.0. The Morgan fingerprint density at radius 3 is 2.41 bits per heavy atom. The molecule has 0 spiro atoms. The van der Waals surface area contributed by atoms with Crippen molar-refractivity contribution in [2.24, 2.45) is 0 Å². The van der Waals surface area contributed by atoms with Gasteiger partial charge in [0.2, 0.25) is 11.8 Å². The number of halogens is 1. The number of hydrogen-bond donors (Lipinski definition) is 0. The monoisotopic (exact) mass is 393 g/mol. The van der Waals surface area contributed by atoms with Gasteiger partial charge in [-0.2, -0.15) is 0 Å². The van der Waals surface area contributed by atoms with Crippen molar-refractivity contribution < 1.29 is 13.6 Å². The molecule has 0 aliphatic carbocycles. The van der Waals surface area contributed by atoms with Crippen LogP contribution in [-0.2, 0) is 11.2 Å². The molecule has 1 fully saturated rings. The van der Waals surface area contributed by atoms with Crippen LogP contribution in [0.2, 0.25) is 0 Å². The molecule has 2 heterocycles. The van der Waals surface area contributed by atoms with E-state index in [1.165, 1.54) is 11.6 Å². The first-order valence-corrected chi connectivity index (χ1v) is 9.82. The second-order valence-electron chi connectivity index (χ2n) is 7.38. The molecule has 150 valence electrons. The summed E-state index contributed by atoms with van der Waals surface area (Å²) >= 11 is 0. The Labute approximate surface area is 169 Å². The molecule has 0 bridgehead atoms. The zero-order chi connectivity index (χ0) is 20.4. The molecule has 0 atom stereocenters. The van der Waals surface area contributed by atoms with Gasteiger partial charge >= 0.3 is 0 Å². The number of para-hydroxylation sites is 1. The van der Waals surface area contributed by atoms with E-state index in [1.807, 2.05) is 54.0 Å². The summed E-state index contributed by atoms with van der Waals surface area (Å²) in [7, 11) is 0. The number of aryl methyl sites for hydroxylation is 2. The summed E-state index contributed by atoms with van der Waals surface area (Å²) in [4.78, 5) is 21.1. The van der Waals surface area contributed by atoms with Gasteiger partial charge in [0.1, 0.15) is 11.6 Å². The molecule has 0 N–H and O–H groups in total. The third-order valence-corrected chi connectivity index (χ3v) is 5.34.